The van der Waals surface area contributed by atoms with Crippen LogP contribution >= 0.6 is 0 Å². The molecule has 0 spiro atoms. The molecule has 1 heterocycles. The van der Waals surface area contributed by atoms with Crippen molar-refractivity contribution in [3.8, 4) is 0 Å². The molecule has 0 aromatic heterocycles. The van der Waals surface area contributed by atoms with Crippen molar-refractivity contribution in [3.05, 3.63) is 105 Å². The van der Waals surface area contributed by atoms with Gasteiger partial charge in [0.1, 0.15) is 11.9 Å². The summed E-state index contributed by atoms with van der Waals surface area (Å²) < 4.78 is 77.6. The van der Waals surface area contributed by atoms with Crippen LogP contribution in [-0.4, -0.2) is 11.7 Å². The maximum Gasteiger partial charge on any atom is 0.164 e. The molecule has 2 fully saturated rings. The highest BCUT2D eigenvalue weighted by atomic mass is 19.2. The second-order valence-electron chi connectivity index (χ2n) is 10.2. The third-order valence-electron chi connectivity index (χ3n) is 7.84. The molecule has 5 rings (SSSR count). The first kappa shape index (κ1) is 25.9. The van der Waals surface area contributed by atoms with E-state index < -0.39 is 29.4 Å². The number of aliphatic hydroxyl groups excluding tert-OH is 1. The van der Waals surface area contributed by atoms with Crippen LogP contribution in [0.2, 0.25) is 0 Å². The molecule has 2 nitrogen and oxygen atoms in total. The van der Waals surface area contributed by atoms with Gasteiger partial charge in [-0.15, -0.1) is 0 Å². The van der Waals surface area contributed by atoms with Crippen LogP contribution in [0.15, 0.2) is 42.5 Å². The Hall–Kier alpha value is -2.77. The van der Waals surface area contributed by atoms with Crippen molar-refractivity contribution >= 4 is 0 Å². The number of ether oxygens (including phenoxy) is 1. The second-order valence-corrected chi connectivity index (χ2v) is 10.2. The van der Waals surface area contributed by atoms with E-state index in [1.165, 1.54) is 31.2 Å². The summed E-state index contributed by atoms with van der Waals surface area (Å²) in [5, 5.41) is 9.60. The third kappa shape index (κ3) is 5.30. The van der Waals surface area contributed by atoms with Gasteiger partial charge in [0.25, 0.3) is 0 Å². The van der Waals surface area contributed by atoms with Gasteiger partial charge in [-0.2, -0.15) is 0 Å². The predicted octanol–water partition coefficient (Wildman–Crippen LogP) is 7.73. The molecule has 1 N–H and O–H groups in total. The number of hydrogen-bond donors (Lipinski definition) is 1. The fourth-order valence-corrected chi connectivity index (χ4v) is 5.52. The fourth-order valence-electron chi connectivity index (χ4n) is 5.52. The number of aryl methyl sites for hydroxylation is 2. The average Bonchev–Trinajstić information content (AvgIpc) is 3.72. The lowest BCUT2D eigenvalue weighted by atomic mass is 9.75. The monoisotopic (exact) mass is 516 g/mol. The Morgan fingerprint density at radius 1 is 0.757 bits per heavy atom. The molecule has 2 aliphatic rings. The molecule has 1 saturated heterocycles. The van der Waals surface area contributed by atoms with Crippen molar-refractivity contribution in [3.63, 3.8) is 0 Å². The molecule has 3 aromatic rings. The zero-order valence-electron chi connectivity index (χ0n) is 20.5. The zero-order chi connectivity index (χ0) is 26.3. The summed E-state index contributed by atoms with van der Waals surface area (Å²) in [4.78, 5) is 0. The molecular formula is C30H29F5O2. The summed E-state index contributed by atoms with van der Waals surface area (Å²) in [5.41, 5.74) is 1.97. The van der Waals surface area contributed by atoms with Crippen molar-refractivity contribution in [1.29, 1.82) is 0 Å². The number of hydrogen-bond acceptors (Lipinski definition) is 2. The van der Waals surface area contributed by atoms with E-state index in [4.69, 9.17) is 4.74 Å². The van der Waals surface area contributed by atoms with Crippen molar-refractivity contribution in [1.82, 2.24) is 0 Å². The summed E-state index contributed by atoms with van der Waals surface area (Å²) in [5.74, 6) is -4.11. The van der Waals surface area contributed by atoms with E-state index in [0.717, 1.165) is 5.56 Å². The van der Waals surface area contributed by atoms with Gasteiger partial charge >= 0.3 is 0 Å². The Morgan fingerprint density at radius 2 is 1.35 bits per heavy atom. The zero-order valence-corrected chi connectivity index (χ0v) is 20.5. The Balaban J connectivity index is 1.21. The first-order chi connectivity index (χ1) is 17.7. The SMILES string of the molecule is CC(O)c1ccc(C2CCC(c3ccc(CCc4ccc(C5CO5)c(F)c4F)c(F)c3)CC2)c(F)c1F. The Labute approximate surface area is 213 Å². The van der Waals surface area contributed by atoms with Gasteiger partial charge < -0.3 is 9.84 Å². The van der Waals surface area contributed by atoms with E-state index in [0.29, 0.717) is 43.4 Å². The highest BCUT2D eigenvalue weighted by molar-refractivity contribution is 5.33. The largest absolute Gasteiger partial charge is 0.389 e. The summed E-state index contributed by atoms with van der Waals surface area (Å²) in [6, 6.07) is 11.1. The van der Waals surface area contributed by atoms with Crippen LogP contribution in [0, 0.1) is 29.1 Å². The number of rotatable bonds is 7. The van der Waals surface area contributed by atoms with Crippen LogP contribution in [0.3, 0.4) is 0 Å². The van der Waals surface area contributed by atoms with Crippen LogP contribution in [0.5, 0.6) is 0 Å². The Morgan fingerprint density at radius 3 is 2.00 bits per heavy atom. The Kier molecular flexibility index (Phi) is 7.37. The van der Waals surface area contributed by atoms with Crippen molar-refractivity contribution in [2.75, 3.05) is 6.61 Å². The molecule has 0 amide bonds. The number of halogens is 5. The molecule has 37 heavy (non-hydrogen) atoms. The quantitative estimate of drug-likeness (QED) is 0.257. The van der Waals surface area contributed by atoms with Gasteiger partial charge in [0.15, 0.2) is 23.3 Å². The highest BCUT2D eigenvalue weighted by Crippen LogP contribution is 2.42. The molecule has 1 aliphatic heterocycles. The third-order valence-corrected chi connectivity index (χ3v) is 7.84. The lowest BCUT2D eigenvalue weighted by molar-refractivity contribution is 0.192. The molecule has 2 atom stereocenters. The van der Waals surface area contributed by atoms with Crippen molar-refractivity contribution in [2.24, 2.45) is 0 Å². The van der Waals surface area contributed by atoms with Gasteiger partial charge in [-0.25, -0.2) is 22.0 Å². The van der Waals surface area contributed by atoms with Crippen molar-refractivity contribution in [2.45, 2.75) is 69.5 Å². The van der Waals surface area contributed by atoms with E-state index in [2.05, 4.69) is 0 Å². The number of epoxide rings is 1. The summed E-state index contributed by atoms with van der Waals surface area (Å²) in [6.07, 6.45) is 1.66. The van der Waals surface area contributed by atoms with Gasteiger partial charge in [-0.05, 0) is 85.6 Å². The fraction of sp³-hybridized carbons (Fsp3) is 0.400. The minimum Gasteiger partial charge on any atom is -0.389 e. The first-order valence-electron chi connectivity index (χ1n) is 12.8. The van der Waals surface area contributed by atoms with E-state index in [1.807, 2.05) is 6.07 Å². The van der Waals surface area contributed by atoms with Crippen molar-refractivity contribution < 1.29 is 31.8 Å². The predicted molar refractivity (Wildman–Crippen MR) is 130 cm³/mol. The Bertz CT molecular complexity index is 1290. The first-order valence-corrected chi connectivity index (χ1v) is 12.8. The topological polar surface area (TPSA) is 32.8 Å². The molecular weight excluding hydrogens is 487 g/mol. The van der Waals surface area contributed by atoms with Crippen LogP contribution in [0.4, 0.5) is 22.0 Å². The summed E-state index contributed by atoms with van der Waals surface area (Å²) >= 11 is 0. The lowest BCUT2D eigenvalue weighted by Gasteiger charge is -2.30. The average molecular weight is 517 g/mol. The van der Waals surface area contributed by atoms with E-state index in [-0.39, 0.29) is 53.3 Å². The molecule has 7 heteroatoms. The lowest BCUT2D eigenvalue weighted by Crippen LogP contribution is -2.15. The molecule has 0 radical (unpaired) electrons. The van der Waals surface area contributed by atoms with E-state index in [9.17, 15) is 27.1 Å². The van der Waals surface area contributed by atoms with Gasteiger partial charge in [0, 0.05) is 11.1 Å². The normalized spacial score (nSPS) is 22.2. The van der Waals surface area contributed by atoms with E-state index >= 15 is 0 Å². The summed E-state index contributed by atoms with van der Waals surface area (Å²) in [6.45, 7) is 1.79. The maximum atomic E-state index is 14.9. The minimum atomic E-state index is -1.08. The maximum absolute atomic E-state index is 14.9. The van der Waals surface area contributed by atoms with Crippen LogP contribution in [-0.2, 0) is 17.6 Å². The minimum absolute atomic E-state index is 0.0525. The second kappa shape index (κ2) is 10.5. The smallest absolute Gasteiger partial charge is 0.164 e. The standard InChI is InChI=1S/C30H29F5O2/c1-16(36)22-12-13-23(29(34)28(22)33)18-4-2-17(3-5-18)21-9-7-19(25(31)14-21)6-8-20-10-11-24(26-15-37-26)30(35)27(20)32/h7,9-14,16-18,26,36H,2-6,8,15H2,1H3. The van der Waals surface area contributed by atoms with Gasteiger partial charge in [-0.3, -0.25) is 0 Å². The summed E-state index contributed by atoms with van der Waals surface area (Å²) in [7, 11) is 0. The molecule has 3 aromatic carbocycles. The molecule has 0 bridgehead atoms. The molecule has 2 unspecified atom stereocenters. The number of benzene rings is 3. The van der Waals surface area contributed by atoms with Crippen LogP contribution in [0.1, 0.15) is 90.0 Å². The highest BCUT2D eigenvalue weighted by Gasteiger charge is 2.30. The van der Waals surface area contributed by atoms with Crippen LogP contribution < -0.4 is 0 Å². The van der Waals surface area contributed by atoms with E-state index in [1.54, 1.807) is 12.1 Å². The van der Waals surface area contributed by atoms with Gasteiger partial charge in [0.2, 0.25) is 0 Å². The van der Waals surface area contributed by atoms with Gasteiger partial charge in [0.05, 0.1) is 12.7 Å². The molecule has 196 valence electrons. The number of aliphatic hydroxyl groups is 1. The van der Waals surface area contributed by atoms with Crippen LogP contribution in [0.25, 0.3) is 0 Å². The molecule has 1 aliphatic carbocycles. The molecule has 1 saturated carbocycles. The van der Waals surface area contributed by atoms with Gasteiger partial charge in [-0.1, -0.05) is 36.4 Å².